The summed E-state index contributed by atoms with van der Waals surface area (Å²) in [5.74, 6) is 2.29. The van der Waals surface area contributed by atoms with Gasteiger partial charge in [0.05, 0.1) is 12.0 Å². The fourth-order valence-corrected chi connectivity index (χ4v) is 3.69. The van der Waals surface area contributed by atoms with Gasteiger partial charge in [-0.15, -0.1) is 0 Å². The predicted molar refractivity (Wildman–Crippen MR) is 71.9 cm³/mol. The number of hydrogen-bond donors (Lipinski definition) is 0. The van der Waals surface area contributed by atoms with Gasteiger partial charge in [-0.25, -0.2) is 0 Å². The highest BCUT2D eigenvalue weighted by Crippen LogP contribution is 2.57. The lowest BCUT2D eigenvalue weighted by atomic mass is 9.82. The summed E-state index contributed by atoms with van der Waals surface area (Å²) in [4.78, 5) is 12.4. The van der Waals surface area contributed by atoms with E-state index in [4.69, 9.17) is 4.74 Å². The number of Topliss-reactive ketones (excluding diaryl/α,β-unsaturated/α-hetero) is 1. The summed E-state index contributed by atoms with van der Waals surface area (Å²) in [6.07, 6.45) is 5.52. The molecule has 2 fully saturated rings. The molecule has 0 saturated heterocycles. The predicted octanol–water partition coefficient (Wildman–Crippen LogP) is 3.97. The molecular formula is C15H15BrO2. The molecule has 0 unspecified atom stereocenters. The molecule has 0 spiro atoms. The minimum absolute atomic E-state index is 0.155. The molecule has 4 rings (SSSR count). The zero-order valence-corrected chi connectivity index (χ0v) is 11.7. The Morgan fingerprint density at radius 2 is 1.83 bits per heavy atom. The van der Waals surface area contributed by atoms with Crippen molar-refractivity contribution in [3.05, 3.63) is 28.2 Å². The van der Waals surface area contributed by atoms with Crippen molar-refractivity contribution >= 4 is 21.7 Å². The van der Waals surface area contributed by atoms with Crippen molar-refractivity contribution in [1.82, 2.24) is 0 Å². The molecule has 0 N–H and O–H groups in total. The van der Waals surface area contributed by atoms with Crippen LogP contribution in [0, 0.1) is 11.8 Å². The normalized spacial score (nSPS) is 25.5. The summed E-state index contributed by atoms with van der Waals surface area (Å²) in [5.41, 5.74) is 0.596. The van der Waals surface area contributed by atoms with Crippen LogP contribution in [-0.2, 0) is 0 Å². The molecule has 1 heterocycles. The van der Waals surface area contributed by atoms with E-state index in [1.54, 1.807) is 0 Å². The maximum absolute atomic E-state index is 12.4. The molecule has 0 atom stereocenters. The van der Waals surface area contributed by atoms with Crippen LogP contribution in [0.4, 0.5) is 0 Å². The van der Waals surface area contributed by atoms with Crippen molar-refractivity contribution in [2.24, 2.45) is 11.8 Å². The fourth-order valence-electron chi connectivity index (χ4n) is 3.33. The Morgan fingerprint density at radius 3 is 2.44 bits per heavy atom. The third kappa shape index (κ3) is 1.56. The first kappa shape index (κ1) is 11.0. The van der Waals surface area contributed by atoms with Crippen LogP contribution in [0.15, 0.2) is 22.7 Å². The molecule has 2 aliphatic carbocycles. The lowest BCUT2D eigenvalue weighted by Gasteiger charge is -2.39. The molecule has 2 saturated carbocycles. The largest absolute Gasteiger partial charge is 0.485 e. The topological polar surface area (TPSA) is 26.3 Å². The van der Waals surface area contributed by atoms with Crippen LogP contribution in [0.2, 0.25) is 0 Å². The van der Waals surface area contributed by atoms with Crippen LogP contribution in [-0.4, -0.2) is 11.4 Å². The summed E-state index contributed by atoms with van der Waals surface area (Å²) in [5, 5.41) is 0. The monoisotopic (exact) mass is 306 g/mol. The van der Waals surface area contributed by atoms with Gasteiger partial charge in [-0.3, -0.25) is 4.79 Å². The van der Waals surface area contributed by atoms with E-state index in [9.17, 15) is 4.79 Å². The molecule has 0 aromatic heterocycles. The Morgan fingerprint density at radius 1 is 1.17 bits per heavy atom. The minimum atomic E-state index is -0.155. The molecule has 0 amide bonds. The van der Waals surface area contributed by atoms with E-state index in [1.165, 1.54) is 25.7 Å². The molecule has 3 heteroatoms. The van der Waals surface area contributed by atoms with Gasteiger partial charge in [0.15, 0.2) is 5.78 Å². The number of ether oxygens (including phenoxy) is 1. The van der Waals surface area contributed by atoms with Gasteiger partial charge in [0.2, 0.25) is 0 Å². The Kier molecular flexibility index (Phi) is 2.20. The van der Waals surface area contributed by atoms with Crippen molar-refractivity contribution in [1.29, 1.82) is 0 Å². The average molecular weight is 307 g/mol. The summed E-state index contributed by atoms with van der Waals surface area (Å²) in [6.45, 7) is 0. The van der Waals surface area contributed by atoms with Gasteiger partial charge in [-0.1, -0.05) is 15.9 Å². The SMILES string of the molecule is O=C1CC(C2CC2)(C2CC2)Oc2ccc(Br)cc21. The number of carbonyl (C=O) groups is 1. The Labute approximate surface area is 115 Å². The second-order valence-electron chi connectivity index (χ2n) is 5.85. The maximum Gasteiger partial charge on any atom is 0.170 e. The number of ketones is 1. The summed E-state index contributed by atoms with van der Waals surface area (Å²) >= 11 is 3.42. The van der Waals surface area contributed by atoms with Crippen LogP contribution in [0.3, 0.4) is 0 Å². The van der Waals surface area contributed by atoms with Crippen molar-refractivity contribution in [3.63, 3.8) is 0 Å². The van der Waals surface area contributed by atoms with E-state index < -0.39 is 0 Å². The number of rotatable bonds is 2. The average Bonchev–Trinajstić information content (AvgIpc) is 3.20. The third-order valence-electron chi connectivity index (χ3n) is 4.52. The van der Waals surface area contributed by atoms with Crippen LogP contribution in [0.25, 0.3) is 0 Å². The highest BCUT2D eigenvalue weighted by atomic mass is 79.9. The quantitative estimate of drug-likeness (QED) is 0.826. The maximum atomic E-state index is 12.4. The van der Waals surface area contributed by atoms with E-state index in [-0.39, 0.29) is 11.4 Å². The zero-order valence-electron chi connectivity index (χ0n) is 10.1. The van der Waals surface area contributed by atoms with Crippen LogP contribution < -0.4 is 4.74 Å². The molecule has 1 aromatic carbocycles. The molecule has 0 radical (unpaired) electrons. The van der Waals surface area contributed by atoms with Crippen molar-refractivity contribution < 1.29 is 9.53 Å². The van der Waals surface area contributed by atoms with Crippen LogP contribution in [0.1, 0.15) is 42.5 Å². The Balaban J connectivity index is 1.78. The summed E-state index contributed by atoms with van der Waals surface area (Å²) in [6, 6.07) is 5.79. The van der Waals surface area contributed by atoms with Gasteiger partial charge < -0.3 is 4.74 Å². The second kappa shape index (κ2) is 3.60. The standard InChI is InChI=1S/C15H15BrO2/c16-11-5-6-14-12(7-11)13(17)8-15(18-14,9-1-2-9)10-3-4-10/h5-7,9-10H,1-4,8H2. The molecule has 94 valence electrons. The van der Waals surface area contributed by atoms with E-state index in [1.807, 2.05) is 18.2 Å². The van der Waals surface area contributed by atoms with E-state index in [2.05, 4.69) is 15.9 Å². The third-order valence-corrected chi connectivity index (χ3v) is 5.01. The van der Waals surface area contributed by atoms with Crippen molar-refractivity contribution in [2.75, 3.05) is 0 Å². The molecule has 0 bridgehead atoms. The highest BCUT2D eigenvalue weighted by Gasteiger charge is 2.59. The minimum Gasteiger partial charge on any atom is -0.485 e. The van der Waals surface area contributed by atoms with Gasteiger partial charge >= 0.3 is 0 Å². The number of halogens is 1. The number of benzene rings is 1. The highest BCUT2D eigenvalue weighted by molar-refractivity contribution is 9.10. The number of fused-ring (bicyclic) bond motifs is 1. The number of hydrogen-bond acceptors (Lipinski definition) is 2. The van der Waals surface area contributed by atoms with Crippen LogP contribution >= 0.6 is 15.9 Å². The zero-order chi connectivity index (χ0) is 12.3. The van der Waals surface area contributed by atoms with Crippen molar-refractivity contribution in [2.45, 2.75) is 37.7 Å². The first-order chi connectivity index (χ1) is 8.69. The lowest BCUT2D eigenvalue weighted by Crippen LogP contribution is -2.46. The Hall–Kier alpha value is -0.830. The molecule has 1 aliphatic heterocycles. The summed E-state index contributed by atoms with van der Waals surface area (Å²) in [7, 11) is 0. The first-order valence-electron chi connectivity index (χ1n) is 6.71. The van der Waals surface area contributed by atoms with Crippen molar-refractivity contribution in [3.8, 4) is 5.75 Å². The second-order valence-corrected chi connectivity index (χ2v) is 6.76. The molecule has 2 nitrogen and oxygen atoms in total. The van der Waals surface area contributed by atoms with Gasteiger partial charge in [-0.2, -0.15) is 0 Å². The molecule has 1 aromatic rings. The molecule has 18 heavy (non-hydrogen) atoms. The van der Waals surface area contributed by atoms with E-state index >= 15 is 0 Å². The fraction of sp³-hybridized carbons (Fsp3) is 0.533. The smallest absolute Gasteiger partial charge is 0.170 e. The Bertz CT molecular complexity index is 517. The van der Waals surface area contributed by atoms with E-state index in [0.29, 0.717) is 18.3 Å². The lowest BCUT2D eigenvalue weighted by molar-refractivity contribution is 0.00655. The van der Waals surface area contributed by atoms with Gasteiger partial charge in [0, 0.05) is 4.47 Å². The summed E-state index contributed by atoms with van der Waals surface area (Å²) < 4.78 is 7.30. The first-order valence-corrected chi connectivity index (χ1v) is 7.50. The van der Waals surface area contributed by atoms with Gasteiger partial charge in [0.1, 0.15) is 11.4 Å². The van der Waals surface area contributed by atoms with Gasteiger partial charge in [-0.05, 0) is 55.7 Å². The molecule has 3 aliphatic rings. The molecular weight excluding hydrogens is 292 g/mol. The van der Waals surface area contributed by atoms with E-state index in [0.717, 1.165) is 15.8 Å². The number of carbonyl (C=O) groups excluding carboxylic acids is 1. The van der Waals surface area contributed by atoms with Crippen LogP contribution in [0.5, 0.6) is 5.75 Å². The van der Waals surface area contributed by atoms with Gasteiger partial charge in [0.25, 0.3) is 0 Å².